The summed E-state index contributed by atoms with van der Waals surface area (Å²) in [4.78, 5) is 0. The third kappa shape index (κ3) is 29.9. The predicted octanol–water partition coefficient (Wildman–Crippen LogP) is 3.53. The molecular weight excluding hydrogens is 432 g/mol. The highest BCUT2D eigenvalue weighted by Crippen LogP contribution is 2.01. The highest BCUT2D eigenvalue weighted by atomic mass is 28.4. The van der Waals surface area contributed by atoms with Gasteiger partial charge in [0.15, 0.2) is 8.32 Å². The summed E-state index contributed by atoms with van der Waals surface area (Å²) >= 11 is 0. The molecule has 0 N–H and O–H groups in total. The van der Waals surface area contributed by atoms with Crippen LogP contribution < -0.4 is 0 Å². The first-order valence-corrected chi connectivity index (χ1v) is 15.6. The van der Waals surface area contributed by atoms with Crippen LogP contribution in [0.3, 0.4) is 0 Å². The van der Waals surface area contributed by atoms with Gasteiger partial charge in [0.2, 0.25) is 0 Å². The first-order chi connectivity index (χ1) is 15.6. The van der Waals surface area contributed by atoms with E-state index in [4.69, 9.17) is 37.6 Å². The molecule has 0 spiro atoms. The fourth-order valence-electron chi connectivity index (χ4n) is 2.46. The fraction of sp³-hybridized carbons (Fsp3) is 1.00. The lowest BCUT2D eigenvalue weighted by molar-refractivity contribution is -0.0213. The molecule has 0 radical (unpaired) electrons. The van der Waals surface area contributed by atoms with E-state index in [1.165, 1.54) is 19.3 Å². The van der Waals surface area contributed by atoms with Crippen LogP contribution in [0.25, 0.3) is 0 Å². The van der Waals surface area contributed by atoms with Crippen LogP contribution in [-0.2, 0) is 37.6 Å². The van der Waals surface area contributed by atoms with Crippen molar-refractivity contribution in [3.8, 4) is 0 Å². The number of unbranched alkanes of at least 4 members (excludes halogenated alkanes) is 3. The van der Waals surface area contributed by atoms with Gasteiger partial charge >= 0.3 is 0 Å². The highest BCUT2D eigenvalue weighted by molar-refractivity contribution is 6.69. The van der Waals surface area contributed by atoms with Gasteiger partial charge in [0.25, 0.3) is 0 Å². The van der Waals surface area contributed by atoms with Crippen molar-refractivity contribution in [3.05, 3.63) is 0 Å². The Balaban J connectivity index is 3.02. The van der Waals surface area contributed by atoms with Crippen LogP contribution in [-0.4, -0.2) is 107 Å². The molecule has 0 aromatic heterocycles. The molecule has 9 heteroatoms. The molecule has 0 aromatic rings. The van der Waals surface area contributed by atoms with Gasteiger partial charge in [0, 0.05) is 6.61 Å². The van der Waals surface area contributed by atoms with Crippen LogP contribution in [0.1, 0.15) is 32.6 Å². The first-order valence-electron chi connectivity index (χ1n) is 12.2. The Morgan fingerprint density at radius 1 is 0.375 bits per heavy atom. The molecule has 0 heterocycles. The third-order valence-corrected chi connectivity index (χ3v) is 5.21. The molecule has 0 aliphatic carbocycles. The van der Waals surface area contributed by atoms with Crippen molar-refractivity contribution in [3.63, 3.8) is 0 Å². The monoisotopic (exact) mass is 482 g/mol. The van der Waals surface area contributed by atoms with Gasteiger partial charge in [-0.3, -0.25) is 0 Å². The van der Waals surface area contributed by atoms with Crippen LogP contribution in [0.5, 0.6) is 0 Å². The molecule has 0 bridgehead atoms. The molecule has 0 aromatic carbocycles. The number of ether oxygens (including phenoxy) is 7. The summed E-state index contributed by atoms with van der Waals surface area (Å²) in [6, 6.07) is 0. The largest absolute Gasteiger partial charge is 0.415 e. The quantitative estimate of drug-likeness (QED) is 0.130. The van der Waals surface area contributed by atoms with E-state index in [2.05, 4.69) is 26.6 Å². The second-order valence-corrected chi connectivity index (χ2v) is 12.8. The molecule has 0 saturated heterocycles. The fourth-order valence-corrected chi connectivity index (χ4v) is 3.15. The zero-order valence-corrected chi connectivity index (χ0v) is 22.2. The summed E-state index contributed by atoms with van der Waals surface area (Å²) in [5.74, 6) is 0. The Labute approximate surface area is 197 Å². The molecule has 0 aliphatic rings. The van der Waals surface area contributed by atoms with E-state index in [-0.39, 0.29) is 0 Å². The summed E-state index contributed by atoms with van der Waals surface area (Å²) in [6.07, 6.45) is 4.93. The summed E-state index contributed by atoms with van der Waals surface area (Å²) < 4.78 is 44.0. The van der Waals surface area contributed by atoms with E-state index < -0.39 is 8.32 Å². The van der Waals surface area contributed by atoms with E-state index in [1.54, 1.807) is 0 Å². The Hall–Kier alpha value is -0.103. The molecule has 0 rings (SSSR count). The normalized spacial score (nSPS) is 12.0. The Kier molecular flexibility index (Phi) is 25.4. The van der Waals surface area contributed by atoms with Gasteiger partial charge in [-0.25, -0.2) is 0 Å². The topological polar surface area (TPSA) is 73.8 Å². The van der Waals surface area contributed by atoms with Gasteiger partial charge < -0.3 is 37.6 Å². The van der Waals surface area contributed by atoms with Crippen molar-refractivity contribution in [1.29, 1.82) is 0 Å². The number of hydrogen-bond acceptors (Lipinski definition) is 8. The summed E-state index contributed by atoms with van der Waals surface area (Å²) in [6.45, 7) is 17.7. The van der Waals surface area contributed by atoms with Crippen molar-refractivity contribution in [1.82, 2.24) is 0 Å². The van der Waals surface area contributed by atoms with Gasteiger partial charge in [0.05, 0.1) is 92.5 Å². The summed E-state index contributed by atoms with van der Waals surface area (Å²) in [5.41, 5.74) is 0. The average Bonchev–Trinajstić information content (AvgIpc) is 2.75. The maximum absolute atomic E-state index is 5.71. The molecule has 0 fully saturated rings. The van der Waals surface area contributed by atoms with Crippen molar-refractivity contribution in [2.24, 2.45) is 0 Å². The van der Waals surface area contributed by atoms with Crippen LogP contribution in [0, 0.1) is 0 Å². The number of rotatable bonds is 27. The van der Waals surface area contributed by atoms with Crippen molar-refractivity contribution in [2.45, 2.75) is 52.2 Å². The van der Waals surface area contributed by atoms with Crippen LogP contribution in [0.2, 0.25) is 19.6 Å². The minimum atomic E-state index is -1.43. The maximum Gasteiger partial charge on any atom is 0.183 e. The second-order valence-electron chi connectivity index (χ2n) is 8.31. The van der Waals surface area contributed by atoms with Gasteiger partial charge in [0.1, 0.15) is 0 Å². The smallest absolute Gasteiger partial charge is 0.183 e. The lowest BCUT2D eigenvalue weighted by atomic mass is 10.2. The number of hydrogen-bond donors (Lipinski definition) is 0. The Morgan fingerprint density at radius 3 is 1.00 bits per heavy atom. The van der Waals surface area contributed by atoms with Gasteiger partial charge in [-0.15, -0.1) is 0 Å². The van der Waals surface area contributed by atoms with Crippen LogP contribution >= 0.6 is 0 Å². The minimum Gasteiger partial charge on any atom is -0.415 e. The summed E-state index contributed by atoms with van der Waals surface area (Å²) in [7, 11) is -1.43. The summed E-state index contributed by atoms with van der Waals surface area (Å²) in [5, 5.41) is 0. The van der Waals surface area contributed by atoms with Gasteiger partial charge in [-0.05, 0) is 26.1 Å². The van der Waals surface area contributed by atoms with Gasteiger partial charge in [-0.2, -0.15) is 0 Å². The molecule has 0 saturated carbocycles. The lowest BCUT2D eigenvalue weighted by Crippen LogP contribution is -2.27. The average molecular weight is 483 g/mol. The lowest BCUT2D eigenvalue weighted by Gasteiger charge is -2.16. The van der Waals surface area contributed by atoms with E-state index in [1.807, 2.05) is 0 Å². The first kappa shape index (κ1) is 31.9. The van der Waals surface area contributed by atoms with Crippen LogP contribution in [0.4, 0.5) is 0 Å². The zero-order valence-electron chi connectivity index (χ0n) is 21.2. The van der Waals surface area contributed by atoms with Crippen molar-refractivity contribution >= 4 is 8.32 Å². The Bertz CT molecular complexity index is 355. The molecule has 0 aliphatic heterocycles. The molecule has 0 atom stereocenters. The SMILES string of the molecule is CCCCCCOCCOCCOCCOCCOCCOCCOCCO[Si](C)(C)C. The second kappa shape index (κ2) is 25.5. The standard InChI is InChI=1S/C23H50O8Si/c1-5-6-7-8-9-24-10-11-25-12-13-26-14-15-27-16-17-28-18-19-29-20-21-30-22-23-31-32(2,3)4/h5-23H2,1-4H3. The highest BCUT2D eigenvalue weighted by Gasteiger charge is 2.12. The van der Waals surface area contributed by atoms with E-state index in [0.717, 1.165) is 13.0 Å². The minimum absolute atomic E-state index is 0.551. The van der Waals surface area contributed by atoms with E-state index in [0.29, 0.717) is 92.5 Å². The van der Waals surface area contributed by atoms with Crippen molar-refractivity contribution in [2.75, 3.05) is 99.1 Å². The molecule has 0 unspecified atom stereocenters. The molecule has 0 amide bonds. The molecule has 194 valence electrons. The van der Waals surface area contributed by atoms with Crippen molar-refractivity contribution < 1.29 is 37.6 Å². The van der Waals surface area contributed by atoms with E-state index >= 15 is 0 Å². The van der Waals surface area contributed by atoms with Crippen LogP contribution in [0.15, 0.2) is 0 Å². The Morgan fingerprint density at radius 2 is 0.688 bits per heavy atom. The predicted molar refractivity (Wildman–Crippen MR) is 129 cm³/mol. The zero-order chi connectivity index (χ0) is 23.6. The third-order valence-electron chi connectivity index (χ3n) is 4.14. The molecule has 8 nitrogen and oxygen atoms in total. The molecular formula is C23H50O8Si. The maximum atomic E-state index is 5.71. The van der Waals surface area contributed by atoms with Gasteiger partial charge in [-0.1, -0.05) is 26.2 Å². The molecule has 32 heavy (non-hydrogen) atoms. The van der Waals surface area contributed by atoms with E-state index in [9.17, 15) is 0 Å².